The average molecular weight is 609 g/mol. The molecule has 1 saturated carbocycles. The molecule has 3 aromatic rings. The molecule has 4 fully saturated rings. The second-order valence-corrected chi connectivity index (χ2v) is 18.9. The van der Waals surface area contributed by atoms with Gasteiger partial charge in [-0.2, -0.15) is 0 Å². The number of benzene rings is 3. The predicted molar refractivity (Wildman–Crippen MR) is 179 cm³/mol. The summed E-state index contributed by atoms with van der Waals surface area (Å²) >= 11 is 0. The minimum absolute atomic E-state index is 0.00996. The zero-order valence-electron chi connectivity index (χ0n) is 26.8. The number of fused-ring (bicyclic) bond motifs is 2. The second-order valence-electron chi connectivity index (χ2n) is 14.6. The van der Waals surface area contributed by atoms with Crippen LogP contribution in [0.2, 0.25) is 5.04 Å². The fourth-order valence-corrected chi connectivity index (χ4v) is 13.7. The van der Waals surface area contributed by atoms with Gasteiger partial charge in [-0.1, -0.05) is 112 Å². The van der Waals surface area contributed by atoms with E-state index in [1.807, 2.05) is 6.92 Å². The molecule has 3 heterocycles. The highest BCUT2D eigenvalue weighted by Gasteiger charge is 2.64. The Morgan fingerprint density at radius 2 is 1.55 bits per heavy atom. The van der Waals surface area contributed by atoms with Gasteiger partial charge < -0.3 is 9.16 Å². The molecule has 3 bridgehead atoms. The average Bonchev–Trinajstić information content (AvgIpc) is 3.10. The highest BCUT2D eigenvalue weighted by Crippen LogP contribution is 2.50. The maximum Gasteiger partial charge on any atom is 0.410 e. The van der Waals surface area contributed by atoms with Crippen molar-refractivity contribution in [3.05, 3.63) is 96.1 Å². The van der Waals surface area contributed by atoms with E-state index in [0.717, 1.165) is 25.9 Å². The van der Waals surface area contributed by atoms with Gasteiger partial charge in [0.1, 0.15) is 0 Å². The zero-order valence-corrected chi connectivity index (χ0v) is 27.8. The van der Waals surface area contributed by atoms with Gasteiger partial charge in [-0.05, 0) is 71.0 Å². The van der Waals surface area contributed by atoms with E-state index in [2.05, 4.69) is 116 Å². The molecule has 3 aliphatic heterocycles. The van der Waals surface area contributed by atoms with Gasteiger partial charge >= 0.3 is 6.09 Å². The molecule has 1 amide bonds. The van der Waals surface area contributed by atoms with Gasteiger partial charge in [0.2, 0.25) is 0 Å². The minimum atomic E-state index is -2.84. The molecule has 44 heavy (non-hydrogen) atoms. The first kappa shape index (κ1) is 29.8. The van der Waals surface area contributed by atoms with Crippen LogP contribution in [0.15, 0.2) is 84.9 Å². The lowest BCUT2D eigenvalue weighted by atomic mass is 9.79. The van der Waals surface area contributed by atoms with E-state index >= 15 is 0 Å². The highest BCUT2D eigenvalue weighted by molar-refractivity contribution is 6.99. The lowest BCUT2D eigenvalue weighted by Crippen LogP contribution is -2.69. The Hall–Kier alpha value is -2.93. The van der Waals surface area contributed by atoms with Crippen molar-refractivity contribution in [2.75, 3.05) is 13.2 Å². The van der Waals surface area contributed by atoms with Gasteiger partial charge in [-0.25, -0.2) is 4.79 Å². The number of carbonyl (C=O) groups is 1. The summed E-state index contributed by atoms with van der Waals surface area (Å²) < 4.78 is 13.7. The van der Waals surface area contributed by atoms with E-state index in [9.17, 15) is 4.79 Å². The van der Waals surface area contributed by atoms with Gasteiger partial charge in [0.15, 0.2) is 0 Å². The van der Waals surface area contributed by atoms with Crippen LogP contribution in [0.4, 0.5) is 4.79 Å². The van der Waals surface area contributed by atoms with Crippen LogP contribution >= 0.6 is 0 Å². The minimum Gasteiger partial charge on any atom is -0.450 e. The first-order valence-electron chi connectivity index (χ1n) is 16.9. The SMILES string of the molecule is CCOC(=O)N1C2CC3CC1[C@H](O[Si](c1ccccc1)(c1ccccc1)C(C)(C)C)C2N(Cc1cccc(C2CCC2)c1)C3. The van der Waals surface area contributed by atoms with Crippen molar-refractivity contribution in [2.45, 2.75) is 102 Å². The second kappa shape index (κ2) is 11.8. The largest absolute Gasteiger partial charge is 0.450 e. The van der Waals surface area contributed by atoms with E-state index in [-0.39, 0.29) is 35.4 Å². The van der Waals surface area contributed by atoms with Crippen LogP contribution in [0.3, 0.4) is 0 Å². The molecular formula is C38H48N2O3Si. The molecule has 7 rings (SSSR count). The number of carbonyl (C=O) groups excluding carboxylic acids is 1. The molecule has 3 aromatic carbocycles. The molecule has 0 radical (unpaired) electrons. The Labute approximate surface area is 264 Å². The number of hydrogen-bond acceptors (Lipinski definition) is 4. The molecule has 3 saturated heterocycles. The first-order valence-corrected chi connectivity index (χ1v) is 18.8. The first-order chi connectivity index (χ1) is 21.3. The molecule has 5 nitrogen and oxygen atoms in total. The summed E-state index contributed by atoms with van der Waals surface area (Å²) in [7, 11) is -2.84. The van der Waals surface area contributed by atoms with E-state index in [1.54, 1.807) is 0 Å². The molecule has 0 spiro atoms. The van der Waals surface area contributed by atoms with E-state index in [0.29, 0.717) is 18.4 Å². The fourth-order valence-electron chi connectivity index (χ4n) is 8.95. The van der Waals surface area contributed by atoms with Crippen LogP contribution < -0.4 is 10.4 Å². The van der Waals surface area contributed by atoms with Crippen molar-refractivity contribution >= 4 is 24.8 Å². The summed E-state index contributed by atoms with van der Waals surface area (Å²) in [5, 5.41) is 2.44. The Morgan fingerprint density at radius 3 is 2.14 bits per heavy atom. The summed E-state index contributed by atoms with van der Waals surface area (Å²) in [6.07, 6.45) is 5.69. The Balaban J connectivity index is 1.32. The van der Waals surface area contributed by atoms with Crippen LogP contribution in [-0.2, 0) is 15.7 Å². The van der Waals surface area contributed by atoms with Crippen LogP contribution in [0.25, 0.3) is 0 Å². The van der Waals surface area contributed by atoms with E-state index < -0.39 is 8.32 Å². The number of nitrogens with zero attached hydrogens (tertiary/aromatic N) is 2. The number of piperidine rings is 2. The topological polar surface area (TPSA) is 42.0 Å². The monoisotopic (exact) mass is 608 g/mol. The number of hydrogen-bond donors (Lipinski definition) is 0. The molecule has 5 atom stereocenters. The normalized spacial score (nSPS) is 26.9. The molecule has 0 aromatic heterocycles. The number of likely N-dealkylation sites (tertiary alicyclic amines) is 1. The molecular weight excluding hydrogens is 561 g/mol. The van der Waals surface area contributed by atoms with Gasteiger partial charge in [-0.15, -0.1) is 0 Å². The molecule has 4 unspecified atom stereocenters. The molecule has 4 aliphatic rings. The predicted octanol–water partition coefficient (Wildman–Crippen LogP) is 6.70. The quantitative estimate of drug-likeness (QED) is 0.267. The van der Waals surface area contributed by atoms with E-state index in [1.165, 1.54) is 40.8 Å². The molecule has 6 heteroatoms. The van der Waals surface area contributed by atoms with Crippen LogP contribution in [0.1, 0.15) is 76.8 Å². The molecule has 232 valence electrons. The van der Waals surface area contributed by atoms with Crippen molar-refractivity contribution in [2.24, 2.45) is 5.92 Å². The summed E-state index contributed by atoms with van der Waals surface area (Å²) in [6.45, 7) is 11.3. The van der Waals surface area contributed by atoms with Crippen molar-refractivity contribution in [1.29, 1.82) is 0 Å². The van der Waals surface area contributed by atoms with Crippen molar-refractivity contribution in [3.8, 4) is 0 Å². The molecule has 1 aliphatic carbocycles. The molecule has 0 N–H and O–H groups in total. The van der Waals surface area contributed by atoms with Gasteiger partial charge in [0.05, 0.1) is 30.8 Å². The summed E-state index contributed by atoms with van der Waals surface area (Å²) in [6, 6.07) is 31.5. The summed E-state index contributed by atoms with van der Waals surface area (Å²) in [4.78, 5) is 18.4. The number of rotatable bonds is 8. The third-order valence-electron chi connectivity index (χ3n) is 11.0. The van der Waals surface area contributed by atoms with Crippen molar-refractivity contribution in [1.82, 2.24) is 9.80 Å². The lowest BCUT2D eigenvalue weighted by molar-refractivity contribution is 0.00793. The smallest absolute Gasteiger partial charge is 0.410 e. The Morgan fingerprint density at radius 1 is 0.886 bits per heavy atom. The number of ether oxygens (including phenoxy) is 1. The van der Waals surface area contributed by atoms with Gasteiger partial charge in [0.25, 0.3) is 8.32 Å². The fraction of sp³-hybridized carbons (Fsp3) is 0.500. The zero-order chi connectivity index (χ0) is 30.5. The van der Waals surface area contributed by atoms with Crippen LogP contribution in [0, 0.1) is 5.92 Å². The lowest BCUT2D eigenvalue weighted by Gasteiger charge is -2.47. The van der Waals surface area contributed by atoms with E-state index in [4.69, 9.17) is 9.16 Å². The summed E-state index contributed by atoms with van der Waals surface area (Å²) in [5.74, 6) is 1.27. The Bertz CT molecular complexity index is 1410. The standard InChI is InChI=1S/C38H48N2O3Si/c1-5-42-37(41)40-33-23-28-24-34(40)36(35(33)39(26-28)25-27-14-12-17-30(22-27)29-15-13-16-29)43-44(38(2,3)4,31-18-8-6-9-19-31)32-20-10-7-11-21-32/h6-12,14,17-22,28-29,33-36H,5,13,15-16,23-26H2,1-4H3/t28?,33?,34?,35?,36-/m0/s1. The maximum atomic E-state index is 13.6. The third kappa shape index (κ3) is 5.03. The maximum absolute atomic E-state index is 13.6. The summed E-state index contributed by atoms with van der Waals surface area (Å²) in [5.41, 5.74) is 2.87. The van der Waals surface area contributed by atoms with Crippen LogP contribution in [0.5, 0.6) is 0 Å². The Kier molecular flexibility index (Phi) is 7.96. The third-order valence-corrected chi connectivity index (χ3v) is 16.0. The van der Waals surface area contributed by atoms with Crippen molar-refractivity contribution in [3.63, 3.8) is 0 Å². The highest BCUT2D eigenvalue weighted by atomic mass is 28.4. The van der Waals surface area contributed by atoms with Gasteiger partial charge in [-0.3, -0.25) is 9.80 Å². The van der Waals surface area contributed by atoms with Crippen molar-refractivity contribution < 1.29 is 14.0 Å². The van der Waals surface area contributed by atoms with Crippen LogP contribution in [-0.4, -0.2) is 61.6 Å². The van der Waals surface area contributed by atoms with Gasteiger partial charge in [0, 0.05) is 13.1 Å². The number of amides is 1.